The van der Waals surface area contributed by atoms with E-state index < -0.39 is 18.2 Å². The van der Waals surface area contributed by atoms with Gasteiger partial charge in [0.25, 0.3) is 0 Å². The average molecular weight is 331 g/mol. The second-order valence-corrected chi connectivity index (χ2v) is 5.79. The molecule has 0 spiro atoms. The normalized spacial score (nSPS) is 25.2. The molecule has 4 N–H and O–H groups in total. The average Bonchev–Trinajstić information content (AvgIpc) is 2.45. The van der Waals surface area contributed by atoms with Gasteiger partial charge in [-0.3, -0.25) is 0 Å². The van der Waals surface area contributed by atoms with Gasteiger partial charge in [0.15, 0.2) is 0 Å². The third kappa shape index (κ3) is 4.70. The quantitative estimate of drug-likeness (QED) is 0.431. The fourth-order valence-electron chi connectivity index (χ4n) is 2.45. The number of fused-ring (bicyclic) bond motifs is 1. The lowest BCUT2D eigenvalue weighted by atomic mass is 9.99. The van der Waals surface area contributed by atoms with Crippen molar-refractivity contribution in [3.05, 3.63) is 47.6 Å². The molecule has 0 saturated carbocycles. The van der Waals surface area contributed by atoms with Gasteiger partial charge in [-0.05, 0) is 31.1 Å². The SMILES string of the molecule is C[C@@H]1C/C=C/[C@H](O)C/C=C/C(=N)Cc2cc(O)cc(O)c2C(=O)O1. The first kappa shape index (κ1) is 17.7. The summed E-state index contributed by atoms with van der Waals surface area (Å²) in [4.78, 5) is 12.4. The largest absolute Gasteiger partial charge is 0.508 e. The number of hydrogen-bond acceptors (Lipinski definition) is 6. The van der Waals surface area contributed by atoms with Crippen LogP contribution in [-0.4, -0.2) is 39.2 Å². The minimum atomic E-state index is -0.710. The Morgan fingerprint density at radius 3 is 2.71 bits per heavy atom. The Morgan fingerprint density at radius 1 is 1.21 bits per heavy atom. The summed E-state index contributed by atoms with van der Waals surface area (Å²) in [5, 5.41) is 37.4. The van der Waals surface area contributed by atoms with Gasteiger partial charge in [-0.1, -0.05) is 18.2 Å². The molecule has 0 aliphatic carbocycles. The van der Waals surface area contributed by atoms with E-state index in [-0.39, 0.29) is 29.2 Å². The first-order valence-corrected chi connectivity index (χ1v) is 7.71. The van der Waals surface area contributed by atoms with Crippen LogP contribution in [0.5, 0.6) is 11.5 Å². The summed E-state index contributed by atoms with van der Waals surface area (Å²) >= 11 is 0. The number of rotatable bonds is 0. The van der Waals surface area contributed by atoms with Crippen LogP contribution in [0.2, 0.25) is 0 Å². The number of nitrogens with one attached hydrogen (secondary N) is 1. The van der Waals surface area contributed by atoms with Gasteiger partial charge in [0.1, 0.15) is 23.2 Å². The van der Waals surface area contributed by atoms with Gasteiger partial charge < -0.3 is 25.5 Å². The number of aromatic hydroxyl groups is 2. The minimum absolute atomic E-state index is 0.0427. The number of aliphatic hydroxyl groups excluding tert-OH is 1. The van der Waals surface area contributed by atoms with Gasteiger partial charge in [0.05, 0.1) is 6.10 Å². The zero-order valence-corrected chi connectivity index (χ0v) is 13.4. The molecule has 0 aromatic heterocycles. The molecule has 1 aliphatic heterocycles. The van der Waals surface area contributed by atoms with E-state index in [4.69, 9.17) is 10.1 Å². The lowest BCUT2D eigenvalue weighted by Gasteiger charge is -2.16. The zero-order chi connectivity index (χ0) is 17.7. The highest BCUT2D eigenvalue weighted by molar-refractivity contribution is 5.99. The number of esters is 1. The van der Waals surface area contributed by atoms with E-state index in [0.29, 0.717) is 18.4 Å². The molecule has 6 heteroatoms. The number of ether oxygens (including phenoxy) is 1. The summed E-state index contributed by atoms with van der Waals surface area (Å²) in [6.07, 6.45) is 6.28. The number of phenols is 2. The van der Waals surface area contributed by atoms with Crippen molar-refractivity contribution in [1.82, 2.24) is 0 Å². The number of cyclic esters (lactones) is 1. The van der Waals surface area contributed by atoms with Crippen molar-refractivity contribution in [2.75, 3.05) is 0 Å². The van der Waals surface area contributed by atoms with Crippen molar-refractivity contribution >= 4 is 11.7 Å². The van der Waals surface area contributed by atoms with Crippen LogP contribution in [0.15, 0.2) is 36.4 Å². The third-order valence-corrected chi connectivity index (χ3v) is 3.60. The maximum Gasteiger partial charge on any atom is 0.342 e. The number of aliphatic hydroxyl groups is 1. The fraction of sp³-hybridized carbons (Fsp3) is 0.333. The smallest absolute Gasteiger partial charge is 0.342 e. The molecule has 1 aromatic carbocycles. The standard InChI is InChI=1S/C18H21NO5/c1-11-4-2-6-14(20)7-3-5-13(19)8-12-9-15(21)10-16(22)17(12)18(23)24-11/h2-3,5-6,9-11,14,19-22H,4,7-8H2,1H3/b5-3+,6-2+,19-13?/t11-,14+/m1/s1. The molecule has 1 aromatic rings. The van der Waals surface area contributed by atoms with E-state index >= 15 is 0 Å². The van der Waals surface area contributed by atoms with Crippen molar-refractivity contribution in [2.24, 2.45) is 0 Å². The Hall–Kier alpha value is -2.60. The third-order valence-electron chi connectivity index (χ3n) is 3.60. The second kappa shape index (κ2) is 7.79. The molecular weight excluding hydrogens is 310 g/mol. The number of carbonyl (C=O) groups is 1. The molecule has 6 nitrogen and oxygen atoms in total. The fourth-order valence-corrected chi connectivity index (χ4v) is 2.45. The van der Waals surface area contributed by atoms with Crippen LogP contribution in [0.4, 0.5) is 0 Å². The molecule has 1 aliphatic rings. The maximum atomic E-state index is 12.4. The topological polar surface area (TPSA) is 111 Å². The summed E-state index contributed by atoms with van der Waals surface area (Å²) in [5.74, 6) is -1.28. The van der Waals surface area contributed by atoms with Crippen molar-refractivity contribution in [1.29, 1.82) is 5.41 Å². The van der Waals surface area contributed by atoms with Gasteiger partial charge in [0.2, 0.25) is 0 Å². The van der Waals surface area contributed by atoms with E-state index in [1.165, 1.54) is 12.1 Å². The van der Waals surface area contributed by atoms with Crippen LogP contribution in [-0.2, 0) is 11.2 Å². The first-order chi connectivity index (χ1) is 11.4. The Kier molecular flexibility index (Phi) is 5.76. The molecule has 0 amide bonds. The van der Waals surface area contributed by atoms with E-state index in [1.807, 2.05) is 0 Å². The molecule has 0 saturated heterocycles. The summed E-state index contributed by atoms with van der Waals surface area (Å²) in [6, 6.07) is 2.41. The minimum Gasteiger partial charge on any atom is -0.508 e. The van der Waals surface area contributed by atoms with E-state index in [1.54, 1.807) is 25.2 Å². The molecular formula is C18H21NO5. The molecule has 128 valence electrons. The molecule has 0 radical (unpaired) electrons. The van der Waals surface area contributed by atoms with E-state index in [2.05, 4.69) is 0 Å². The Morgan fingerprint density at radius 2 is 1.96 bits per heavy atom. The van der Waals surface area contributed by atoms with E-state index in [0.717, 1.165) is 6.07 Å². The molecule has 24 heavy (non-hydrogen) atoms. The summed E-state index contributed by atoms with van der Waals surface area (Å²) < 4.78 is 5.31. The van der Waals surface area contributed by atoms with Crippen molar-refractivity contribution in [3.8, 4) is 11.5 Å². The summed E-state index contributed by atoms with van der Waals surface area (Å²) in [6.45, 7) is 1.71. The summed E-state index contributed by atoms with van der Waals surface area (Å²) in [5.41, 5.74) is 0.446. The number of hydrogen-bond donors (Lipinski definition) is 4. The van der Waals surface area contributed by atoms with Crippen LogP contribution in [0, 0.1) is 5.41 Å². The Labute approximate surface area is 140 Å². The molecule has 0 bridgehead atoms. The lowest BCUT2D eigenvalue weighted by Crippen LogP contribution is -2.17. The van der Waals surface area contributed by atoms with Crippen LogP contribution < -0.4 is 0 Å². The van der Waals surface area contributed by atoms with Gasteiger partial charge in [-0.25, -0.2) is 4.79 Å². The van der Waals surface area contributed by atoms with Crippen LogP contribution in [0.1, 0.15) is 35.7 Å². The predicted octanol–water partition coefficient (Wildman–Crippen LogP) is 2.47. The van der Waals surface area contributed by atoms with Crippen LogP contribution in [0.25, 0.3) is 0 Å². The van der Waals surface area contributed by atoms with E-state index in [9.17, 15) is 20.1 Å². The Bertz CT molecular complexity index is 693. The van der Waals surface area contributed by atoms with Crippen LogP contribution in [0.3, 0.4) is 0 Å². The molecule has 0 fully saturated rings. The highest BCUT2D eigenvalue weighted by Gasteiger charge is 2.21. The highest BCUT2D eigenvalue weighted by Crippen LogP contribution is 2.29. The zero-order valence-electron chi connectivity index (χ0n) is 13.4. The molecule has 0 unspecified atom stereocenters. The molecule has 2 atom stereocenters. The first-order valence-electron chi connectivity index (χ1n) is 7.71. The second-order valence-electron chi connectivity index (χ2n) is 5.79. The van der Waals surface area contributed by atoms with Gasteiger partial charge in [-0.15, -0.1) is 0 Å². The van der Waals surface area contributed by atoms with Gasteiger partial charge >= 0.3 is 5.97 Å². The van der Waals surface area contributed by atoms with Gasteiger partial charge in [0, 0.05) is 24.6 Å². The maximum absolute atomic E-state index is 12.4. The number of carbonyl (C=O) groups excluding carboxylic acids is 1. The number of benzene rings is 1. The number of phenolic OH excluding ortho intramolecular Hbond substituents is 2. The van der Waals surface area contributed by atoms with Crippen molar-refractivity contribution < 1.29 is 24.9 Å². The van der Waals surface area contributed by atoms with Crippen molar-refractivity contribution in [2.45, 2.75) is 38.4 Å². The monoisotopic (exact) mass is 331 g/mol. The lowest BCUT2D eigenvalue weighted by molar-refractivity contribution is 0.0343. The summed E-state index contributed by atoms with van der Waals surface area (Å²) in [7, 11) is 0. The van der Waals surface area contributed by atoms with Crippen molar-refractivity contribution in [3.63, 3.8) is 0 Å². The molecule has 2 rings (SSSR count). The highest BCUT2D eigenvalue weighted by atomic mass is 16.5. The molecule has 1 heterocycles. The Balaban J connectivity index is 2.41. The van der Waals surface area contributed by atoms with Crippen LogP contribution >= 0.6 is 0 Å². The number of allylic oxidation sites excluding steroid dienone is 1. The van der Waals surface area contributed by atoms with Gasteiger partial charge in [-0.2, -0.15) is 0 Å². The predicted molar refractivity (Wildman–Crippen MR) is 89.6 cm³/mol.